The monoisotopic (exact) mass is 265 g/mol. The van der Waals surface area contributed by atoms with Crippen LogP contribution in [0, 0.1) is 0 Å². The van der Waals surface area contributed by atoms with Gasteiger partial charge in [-0.1, -0.05) is 12.2 Å². The molecule has 0 saturated carbocycles. The first-order chi connectivity index (χ1) is 8.75. The summed E-state index contributed by atoms with van der Waals surface area (Å²) in [5.74, 6) is 0.863. The number of benzene rings is 1. The second kappa shape index (κ2) is 6.71. The Labute approximate surface area is 113 Å². The van der Waals surface area contributed by atoms with Gasteiger partial charge in [-0.2, -0.15) is 0 Å². The summed E-state index contributed by atoms with van der Waals surface area (Å²) >= 11 is 4.90. The van der Waals surface area contributed by atoms with E-state index in [2.05, 4.69) is 0 Å². The van der Waals surface area contributed by atoms with Gasteiger partial charge in [0.05, 0.1) is 12.7 Å². The highest BCUT2D eigenvalue weighted by Crippen LogP contribution is 2.17. The van der Waals surface area contributed by atoms with Gasteiger partial charge < -0.3 is 15.2 Å². The molecule has 2 rings (SSSR count). The van der Waals surface area contributed by atoms with Crippen LogP contribution in [-0.4, -0.2) is 24.3 Å². The van der Waals surface area contributed by atoms with Gasteiger partial charge in [0.15, 0.2) is 0 Å². The highest BCUT2D eigenvalue weighted by Gasteiger charge is 2.14. The van der Waals surface area contributed by atoms with Gasteiger partial charge in [0.2, 0.25) is 0 Å². The SMILES string of the molecule is NC(=S)c1ccc(OCCCC2CCCO2)cc1. The lowest BCUT2D eigenvalue weighted by Gasteiger charge is -2.10. The molecule has 0 aromatic heterocycles. The molecule has 1 aromatic rings. The molecule has 18 heavy (non-hydrogen) atoms. The third kappa shape index (κ3) is 3.96. The Morgan fingerprint density at radius 2 is 2.17 bits per heavy atom. The van der Waals surface area contributed by atoms with Crippen LogP contribution in [0.5, 0.6) is 5.75 Å². The largest absolute Gasteiger partial charge is 0.494 e. The molecule has 0 amide bonds. The highest BCUT2D eigenvalue weighted by molar-refractivity contribution is 7.80. The minimum absolute atomic E-state index is 0.417. The quantitative estimate of drug-likeness (QED) is 0.634. The first kappa shape index (κ1) is 13.3. The molecule has 2 N–H and O–H groups in total. The summed E-state index contributed by atoms with van der Waals surface area (Å²) in [5, 5.41) is 0. The molecular formula is C14H19NO2S. The van der Waals surface area contributed by atoms with E-state index in [0.29, 0.717) is 11.1 Å². The van der Waals surface area contributed by atoms with Gasteiger partial charge in [-0.25, -0.2) is 0 Å². The molecule has 98 valence electrons. The Morgan fingerprint density at radius 1 is 1.39 bits per heavy atom. The van der Waals surface area contributed by atoms with Crippen LogP contribution < -0.4 is 10.5 Å². The molecule has 1 aliphatic heterocycles. The predicted molar refractivity (Wildman–Crippen MR) is 76.0 cm³/mol. The number of ether oxygens (including phenoxy) is 2. The Hall–Kier alpha value is -1.13. The van der Waals surface area contributed by atoms with E-state index in [4.69, 9.17) is 27.4 Å². The number of hydrogen-bond acceptors (Lipinski definition) is 3. The smallest absolute Gasteiger partial charge is 0.119 e. The van der Waals surface area contributed by atoms with Gasteiger partial charge in [-0.05, 0) is 49.9 Å². The molecule has 0 aliphatic carbocycles. The molecule has 1 heterocycles. The minimum atomic E-state index is 0.417. The van der Waals surface area contributed by atoms with E-state index >= 15 is 0 Å². The Balaban J connectivity index is 1.68. The maximum atomic E-state index is 5.66. The molecule has 0 bridgehead atoms. The van der Waals surface area contributed by atoms with Crippen molar-refractivity contribution in [3.05, 3.63) is 29.8 Å². The lowest BCUT2D eigenvalue weighted by atomic mass is 10.1. The van der Waals surface area contributed by atoms with Gasteiger partial charge in [-0.15, -0.1) is 0 Å². The van der Waals surface area contributed by atoms with Crippen molar-refractivity contribution in [2.45, 2.75) is 31.8 Å². The second-order valence-electron chi connectivity index (χ2n) is 4.51. The summed E-state index contributed by atoms with van der Waals surface area (Å²) in [5.41, 5.74) is 6.40. The normalized spacial score (nSPS) is 18.8. The van der Waals surface area contributed by atoms with E-state index in [1.165, 1.54) is 12.8 Å². The Kier molecular flexibility index (Phi) is 4.96. The van der Waals surface area contributed by atoms with Crippen LogP contribution in [-0.2, 0) is 4.74 Å². The summed E-state index contributed by atoms with van der Waals surface area (Å²) in [4.78, 5) is 0.417. The first-order valence-corrected chi connectivity index (χ1v) is 6.81. The van der Waals surface area contributed by atoms with E-state index in [-0.39, 0.29) is 0 Å². The first-order valence-electron chi connectivity index (χ1n) is 6.40. The Morgan fingerprint density at radius 3 is 2.78 bits per heavy atom. The summed E-state index contributed by atoms with van der Waals surface area (Å²) in [7, 11) is 0. The van der Waals surface area contributed by atoms with E-state index in [0.717, 1.165) is 37.4 Å². The highest BCUT2D eigenvalue weighted by atomic mass is 32.1. The third-order valence-corrected chi connectivity index (χ3v) is 3.34. The zero-order chi connectivity index (χ0) is 12.8. The molecular weight excluding hydrogens is 246 g/mol. The number of rotatable bonds is 6. The topological polar surface area (TPSA) is 44.5 Å². The van der Waals surface area contributed by atoms with Crippen molar-refractivity contribution in [2.75, 3.05) is 13.2 Å². The van der Waals surface area contributed by atoms with Crippen LogP contribution >= 0.6 is 12.2 Å². The average Bonchev–Trinajstić information content (AvgIpc) is 2.88. The third-order valence-electron chi connectivity index (χ3n) is 3.10. The van der Waals surface area contributed by atoms with E-state index in [1.807, 2.05) is 24.3 Å². The van der Waals surface area contributed by atoms with Crippen LogP contribution in [0.15, 0.2) is 24.3 Å². The number of thiocarbonyl (C=S) groups is 1. The zero-order valence-corrected chi connectivity index (χ0v) is 11.2. The van der Waals surface area contributed by atoms with Crippen LogP contribution in [0.2, 0.25) is 0 Å². The summed E-state index contributed by atoms with van der Waals surface area (Å²) in [6, 6.07) is 7.58. The van der Waals surface area contributed by atoms with Crippen LogP contribution in [0.3, 0.4) is 0 Å². The maximum Gasteiger partial charge on any atom is 0.119 e. The Bertz CT molecular complexity index is 385. The predicted octanol–water partition coefficient (Wildman–Crippen LogP) is 2.66. The molecule has 4 heteroatoms. The van der Waals surface area contributed by atoms with Gasteiger partial charge in [0, 0.05) is 12.2 Å². The van der Waals surface area contributed by atoms with Crippen molar-refractivity contribution >= 4 is 17.2 Å². The standard InChI is InChI=1S/C14H19NO2S/c15-14(18)11-5-7-13(8-6-11)17-10-2-4-12-3-1-9-16-12/h5-8,12H,1-4,9-10H2,(H2,15,18). The molecule has 1 fully saturated rings. The number of hydrogen-bond donors (Lipinski definition) is 1. The summed E-state index contributed by atoms with van der Waals surface area (Å²) < 4.78 is 11.2. The molecule has 0 spiro atoms. The van der Waals surface area contributed by atoms with Crippen molar-refractivity contribution in [1.29, 1.82) is 0 Å². The van der Waals surface area contributed by atoms with Crippen molar-refractivity contribution in [3.63, 3.8) is 0 Å². The van der Waals surface area contributed by atoms with Gasteiger partial charge in [0.25, 0.3) is 0 Å². The summed E-state index contributed by atoms with van der Waals surface area (Å²) in [6.45, 7) is 1.65. The number of nitrogens with two attached hydrogens (primary N) is 1. The summed E-state index contributed by atoms with van der Waals surface area (Å²) in [6.07, 6.45) is 4.96. The van der Waals surface area contributed by atoms with Crippen LogP contribution in [0.1, 0.15) is 31.2 Å². The van der Waals surface area contributed by atoms with Gasteiger partial charge in [-0.3, -0.25) is 0 Å². The fraction of sp³-hybridized carbons (Fsp3) is 0.500. The lowest BCUT2D eigenvalue weighted by molar-refractivity contribution is 0.0981. The van der Waals surface area contributed by atoms with Gasteiger partial charge >= 0.3 is 0 Å². The van der Waals surface area contributed by atoms with Crippen molar-refractivity contribution in [1.82, 2.24) is 0 Å². The maximum absolute atomic E-state index is 5.66. The molecule has 1 aromatic carbocycles. The molecule has 0 radical (unpaired) electrons. The molecule has 3 nitrogen and oxygen atoms in total. The fourth-order valence-electron chi connectivity index (χ4n) is 2.09. The molecule has 1 saturated heterocycles. The average molecular weight is 265 g/mol. The zero-order valence-electron chi connectivity index (χ0n) is 10.4. The second-order valence-corrected chi connectivity index (χ2v) is 4.95. The molecule has 1 aliphatic rings. The minimum Gasteiger partial charge on any atom is -0.494 e. The van der Waals surface area contributed by atoms with Crippen molar-refractivity contribution in [2.24, 2.45) is 5.73 Å². The van der Waals surface area contributed by atoms with Crippen LogP contribution in [0.4, 0.5) is 0 Å². The van der Waals surface area contributed by atoms with E-state index in [9.17, 15) is 0 Å². The van der Waals surface area contributed by atoms with Crippen LogP contribution in [0.25, 0.3) is 0 Å². The van der Waals surface area contributed by atoms with Crippen molar-refractivity contribution in [3.8, 4) is 5.75 Å². The van der Waals surface area contributed by atoms with Crippen molar-refractivity contribution < 1.29 is 9.47 Å². The fourth-order valence-corrected chi connectivity index (χ4v) is 2.22. The molecule has 1 atom stereocenters. The van der Waals surface area contributed by atoms with Gasteiger partial charge in [0.1, 0.15) is 10.7 Å². The molecule has 1 unspecified atom stereocenters. The van der Waals surface area contributed by atoms with E-state index in [1.54, 1.807) is 0 Å². The van der Waals surface area contributed by atoms with E-state index < -0.39 is 0 Å². The lowest BCUT2D eigenvalue weighted by Crippen LogP contribution is -2.09.